The number of nitrogens with zero attached hydrogens (tertiary/aromatic N) is 3. The highest BCUT2D eigenvalue weighted by Crippen LogP contribution is 2.20. The van der Waals surface area contributed by atoms with E-state index in [4.69, 9.17) is 0 Å². The number of aryl methyl sites for hydroxylation is 2. The van der Waals surface area contributed by atoms with E-state index in [1.807, 2.05) is 11.7 Å². The van der Waals surface area contributed by atoms with Crippen LogP contribution < -0.4 is 5.32 Å². The summed E-state index contributed by atoms with van der Waals surface area (Å²) >= 11 is 0. The first-order valence-electron chi connectivity index (χ1n) is 7.05. The predicted octanol–water partition coefficient (Wildman–Crippen LogP) is 2.78. The fourth-order valence-electron chi connectivity index (χ4n) is 2.26. The molecule has 0 saturated carbocycles. The van der Waals surface area contributed by atoms with Gasteiger partial charge in [-0.3, -0.25) is 4.68 Å². The van der Waals surface area contributed by atoms with E-state index < -0.39 is 0 Å². The van der Waals surface area contributed by atoms with Crippen molar-refractivity contribution in [3.05, 3.63) is 11.3 Å². The lowest BCUT2D eigenvalue weighted by Gasteiger charge is -2.17. The average molecular weight is 252 g/mol. The Hall–Kier alpha value is -1.03. The molecule has 0 spiro atoms. The van der Waals surface area contributed by atoms with E-state index in [2.05, 4.69) is 43.1 Å². The lowest BCUT2D eigenvalue weighted by molar-refractivity contribution is 0.318. The second kappa shape index (κ2) is 7.41. The summed E-state index contributed by atoms with van der Waals surface area (Å²) in [7, 11) is 4.20. The van der Waals surface area contributed by atoms with E-state index in [0.717, 1.165) is 31.1 Å². The molecule has 18 heavy (non-hydrogen) atoms. The molecule has 0 aliphatic rings. The second-order valence-corrected chi connectivity index (χ2v) is 5.01. The van der Waals surface area contributed by atoms with Crippen molar-refractivity contribution in [3.8, 4) is 0 Å². The molecule has 1 N–H and O–H groups in total. The standard InChI is InChI=1S/C14H28N4/c1-6-8-9-10-17(4)11-13-12(3)16-18(5)14(13)15-7-2/h15H,6-11H2,1-5H3. The summed E-state index contributed by atoms with van der Waals surface area (Å²) in [5.41, 5.74) is 2.47. The average Bonchev–Trinajstić information content (AvgIpc) is 2.57. The molecule has 0 atom stereocenters. The zero-order valence-electron chi connectivity index (χ0n) is 12.6. The quantitative estimate of drug-likeness (QED) is 0.722. The lowest BCUT2D eigenvalue weighted by Crippen LogP contribution is -2.20. The zero-order chi connectivity index (χ0) is 13.5. The SMILES string of the molecule is CCCCCN(C)Cc1c(C)nn(C)c1NCC. The van der Waals surface area contributed by atoms with Gasteiger partial charge in [-0.1, -0.05) is 19.8 Å². The van der Waals surface area contributed by atoms with Crippen LogP contribution in [-0.2, 0) is 13.6 Å². The van der Waals surface area contributed by atoms with Gasteiger partial charge in [0.1, 0.15) is 5.82 Å². The summed E-state index contributed by atoms with van der Waals surface area (Å²) in [6.07, 6.45) is 3.88. The van der Waals surface area contributed by atoms with Gasteiger partial charge in [-0.05, 0) is 33.9 Å². The van der Waals surface area contributed by atoms with Crippen molar-refractivity contribution < 1.29 is 0 Å². The Labute approximate surface area is 111 Å². The van der Waals surface area contributed by atoms with Crippen LogP contribution in [0.15, 0.2) is 0 Å². The molecule has 0 amide bonds. The summed E-state index contributed by atoms with van der Waals surface area (Å²) in [4.78, 5) is 2.39. The van der Waals surface area contributed by atoms with Gasteiger partial charge < -0.3 is 10.2 Å². The molecular weight excluding hydrogens is 224 g/mol. The Kier molecular flexibility index (Phi) is 6.19. The van der Waals surface area contributed by atoms with Gasteiger partial charge in [0.25, 0.3) is 0 Å². The van der Waals surface area contributed by atoms with Crippen LogP contribution in [-0.4, -0.2) is 34.8 Å². The van der Waals surface area contributed by atoms with Crippen LogP contribution in [0.4, 0.5) is 5.82 Å². The Balaban J connectivity index is 2.64. The smallest absolute Gasteiger partial charge is 0.128 e. The normalized spacial score (nSPS) is 11.2. The molecule has 0 unspecified atom stereocenters. The van der Waals surface area contributed by atoms with Crippen molar-refractivity contribution in [2.24, 2.45) is 7.05 Å². The van der Waals surface area contributed by atoms with Crippen LogP contribution >= 0.6 is 0 Å². The molecule has 0 fully saturated rings. The Morgan fingerprint density at radius 1 is 1.28 bits per heavy atom. The number of hydrogen-bond acceptors (Lipinski definition) is 3. The number of rotatable bonds is 8. The molecule has 0 aromatic carbocycles. The van der Waals surface area contributed by atoms with Crippen molar-refractivity contribution in [1.82, 2.24) is 14.7 Å². The molecule has 4 heteroatoms. The first-order valence-corrected chi connectivity index (χ1v) is 7.05. The minimum absolute atomic E-state index is 0.936. The zero-order valence-corrected chi connectivity index (χ0v) is 12.6. The maximum Gasteiger partial charge on any atom is 0.128 e. The molecule has 0 radical (unpaired) electrons. The number of hydrogen-bond donors (Lipinski definition) is 1. The molecule has 1 heterocycles. The van der Waals surface area contributed by atoms with Gasteiger partial charge in [-0.25, -0.2) is 0 Å². The van der Waals surface area contributed by atoms with Crippen LogP contribution in [0.2, 0.25) is 0 Å². The molecule has 1 aromatic heterocycles. The maximum atomic E-state index is 4.51. The van der Waals surface area contributed by atoms with E-state index >= 15 is 0 Å². The van der Waals surface area contributed by atoms with Gasteiger partial charge in [0.15, 0.2) is 0 Å². The molecule has 0 saturated heterocycles. The van der Waals surface area contributed by atoms with E-state index in [0.29, 0.717) is 0 Å². The molecule has 0 aliphatic carbocycles. The van der Waals surface area contributed by atoms with Crippen molar-refractivity contribution in [1.29, 1.82) is 0 Å². The van der Waals surface area contributed by atoms with Crippen molar-refractivity contribution in [3.63, 3.8) is 0 Å². The van der Waals surface area contributed by atoms with E-state index in [1.54, 1.807) is 0 Å². The van der Waals surface area contributed by atoms with Crippen LogP contribution in [0.5, 0.6) is 0 Å². The largest absolute Gasteiger partial charge is 0.370 e. The van der Waals surface area contributed by atoms with Crippen LogP contribution in [0.1, 0.15) is 44.4 Å². The van der Waals surface area contributed by atoms with Crippen molar-refractivity contribution in [2.45, 2.75) is 46.6 Å². The van der Waals surface area contributed by atoms with E-state index in [1.165, 1.54) is 24.8 Å². The minimum atomic E-state index is 0.936. The molecule has 0 aliphatic heterocycles. The van der Waals surface area contributed by atoms with Gasteiger partial charge in [0.05, 0.1) is 5.69 Å². The monoisotopic (exact) mass is 252 g/mol. The summed E-state index contributed by atoms with van der Waals surface area (Å²) in [5.74, 6) is 1.16. The molecule has 0 bridgehead atoms. The van der Waals surface area contributed by atoms with Crippen LogP contribution in [0.3, 0.4) is 0 Å². The van der Waals surface area contributed by atoms with Gasteiger partial charge in [-0.15, -0.1) is 0 Å². The molecule has 1 aromatic rings. The first kappa shape index (κ1) is 15.0. The summed E-state index contributed by atoms with van der Waals surface area (Å²) in [5, 5.41) is 7.92. The van der Waals surface area contributed by atoms with Crippen LogP contribution in [0.25, 0.3) is 0 Å². The minimum Gasteiger partial charge on any atom is -0.370 e. The van der Waals surface area contributed by atoms with Gasteiger partial charge in [0.2, 0.25) is 0 Å². The fraction of sp³-hybridized carbons (Fsp3) is 0.786. The van der Waals surface area contributed by atoms with Crippen molar-refractivity contribution in [2.75, 3.05) is 25.5 Å². The van der Waals surface area contributed by atoms with E-state index in [9.17, 15) is 0 Å². The summed E-state index contributed by atoms with van der Waals surface area (Å²) in [6, 6.07) is 0. The lowest BCUT2D eigenvalue weighted by atomic mass is 10.2. The topological polar surface area (TPSA) is 33.1 Å². The van der Waals surface area contributed by atoms with Gasteiger partial charge in [-0.2, -0.15) is 5.10 Å². The molecule has 1 rings (SSSR count). The highest BCUT2D eigenvalue weighted by Gasteiger charge is 2.14. The fourth-order valence-corrected chi connectivity index (χ4v) is 2.26. The first-order chi connectivity index (χ1) is 8.60. The number of nitrogens with one attached hydrogen (secondary N) is 1. The predicted molar refractivity (Wildman–Crippen MR) is 78.0 cm³/mol. The van der Waals surface area contributed by atoms with Gasteiger partial charge in [0, 0.05) is 25.7 Å². The highest BCUT2D eigenvalue weighted by atomic mass is 15.3. The van der Waals surface area contributed by atoms with E-state index in [-0.39, 0.29) is 0 Å². The number of unbranched alkanes of at least 4 members (excludes halogenated alkanes) is 2. The third-order valence-corrected chi connectivity index (χ3v) is 3.26. The Bertz CT molecular complexity index is 357. The molecule has 4 nitrogen and oxygen atoms in total. The number of anilines is 1. The third-order valence-electron chi connectivity index (χ3n) is 3.26. The second-order valence-electron chi connectivity index (χ2n) is 5.01. The molecule has 104 valence electrons. The van der Waals surface area contributed by atoms with Gasteiger partial charge >= 0.3 is 0 Å². The third kappa shape index (κ3) is 4.02. The Morgan fingerprint density at radius 2 is 2.00 bits per heavy atom. The van der Waals surface area contributed by atoms with Crippen LogP contribution in [0, 0.1) is 6.92 Å². The number of aromatic nitrogens is 2. The maximum absolute atomic E-state index is 4.51. The van der Waals surface area contributed by atoms with Crippen molar-refractivity contribution >= 4 is 5.82 Å². The Morgan fingerprint density at radius 3 is 2.61 bits per heavy atom. The highest BCUT2D eigenvalue weighted by molar-refractivity contribution is 5.47. The molecular formula is C14H28N4. The summed E-state index contributed by atoms with van der Waals surface area (Å²) < 4.78 is 1.95. The summed E-state index contributed by atoms with van der Waals surface area (Å²) in [6.45, 7) is 9.53.